The van der Waals surface area contributed by atoms with E-state index >= 15 is 0 Å². The van der Waals surface area contributed by atoms with Gasteiger partial charge in [0, 0.05) is 0 Å². The molecular formula is C23H28N2O. The molecule has 1 aliphatic heterocycles. The maximum Gasteiger partial charge on any atom is 0.142 e. The van der Waals surface area contributed by atoms with Gasteiger partial charge >= 0.3 is 0 Å². The van der Waals surface area contributed by atoms with Gasteiger partial charge in [-0.25, -0.2) is 0 Å². The minimum absolute atomic E-state index is 0.218. The van der Waals surface area contributed by atoms with Crippen LogP contribution < -0.4 is 4.74 Å². The number of aryl methyl sites for hydroxylation is 1. The van der Waals surface area contributed by atoms with E-state index in [1.165, 1.54) is 57.8 Å². The molecule has 0 N–H and O–H groups in total. The molecule has 26 heavy (non-hydrogen) atoms. The SMILES string of the molecule is N#Cc1ccc2c(c1C#N)OC(C1CCC(C3CCCCC3)CC1)CC2. The fraction of sp³-hybridized carbons (Fsp3) is 0.652. The minimum atomic E-state index is 0.218. The second kappa shape index (κ2) is 7.71. The van der Waals surface area contributed by atoms with Gasteiger partial charge in [-0.1, -0.05) is 38.2 Å². The molecule has 1 atom stereocenters. The van der Waals surface area contributed by atoms with Gasteiger partial charge in [-0.15, -0.1) is 0 Å². The second-order valence-electron chi connectivity index (χ2n) is 8.47. The standard InChI is InChI=1S/C23H28N2O/c24-14-20-11-10-19-12-13-22(26-23(19)21(20)15-25)18-8-6-17(7-9-18)16-4-2-1-3-5-16/h10-11,16-18,22H,1-9,12-13H2. The Hall–Kier alpha value is -2.00. The molecule has 0 aromatic heterocycles. The Kier molecular flexibility index (Phi) is 5.16. The molecule has 136 valence electrons. The van der Waals surface area contributed by atoms with E-state index in [1.807, 2.05) is 6.07 Å². The largest absolute Gasteiger partial charge is 0.488 e. The van der Waals surface area contributed by atoms with E-state index in [2.05, 4.69) is 12.1 Å². The zero-order chi connectivity index (χ0) is 17.9. The molecule has 1 unspecified atom stereocenters. The molecule has 0 bridgehead atoms. The van der Waals surface area contributed by atoms with Crippen LogP contribution >= 0.6 is 0 Å². The van der Waals surface area contributed by atoms with Crippen molar-refractivity contribution in [2.24, 2.45) is 17.8 Å². The molecule has 0 amide bonds. The van der Waals surface area contributed by atoms with Gasteiger partial charge in [0.15, 0.2) is 0 Å². The number of ether oxygens (including phenoxy) is 1. The van der Waals surface area contributed by atoms with E-state index in [1.54, 1.807) is 6.07 Å². The molecule has 3 aliphatic rings. The van der Waals surface area contributed by atoms with Crippen molar-refractivity contribution in [2.45, 2.75) is 76.7 Å². The lowest BCUT2D eigenvalue weighted by Gasteiger charge is -2.40. The van der Waals surface area contributed by atoms with Crippen LogP contribution in [0.15, 0.2) is 12.1 Å². The zero-order valence-electron chi connectivity index (χ0n) is 15.5. The number of hydrogen-bond acceptors (Lipinski definition) is 3. The number of benzene rings is 1. The highest BCUT2D eigenvalue weighted by molar-refractivity contribution is 5.58. The summed E-state index contributed by atoms with van der Waals surface area (Å²) in [5.41, 5.74) is 1.96. The lowest BCUT2D eigenvalue weighted by Crippen LogP contribution is -2.35. The minimum Gasteiger partial charge on any atom is -0.488 e. The van der Waals surface area contributed by atoms with Gasteiger partial charge < -0.3 is 4.74 Å². The normalized spacial score (nSPS) is 29.1. The summed E-state index contributed by atoms with van der Waals surface area (Å²) >= 11 is 0. The van der Waals surface area contributed by atoms with Crippen molar-refractivity contribution in [3.8, 4) is 17.9 Å². The molecule has 1 heterocycles. The van der Waals surface area contributed by atoms with Gasteiger partial charge in [0.25, 0.3) is 0 Å². The van der Waals surface area contributed by atoms with Crippen molar-refractivity contribution >= 4 is 0 Å². The third kappa shape index (κ3) is 3.33. The van der Waals surface area contributed by atoms with Crippen LogP contribution in [0.5, 0.6) is 5.75 Å². The van der Waals surface area contributed by atoms with E-state index in [0.717, 1.165) is 30.2 Å². The van der Waals surface area contributed by atoms with E-state index in [-0.39, 0.29) is 6.10 Å². The van der Waals surface area contributed by atoms with Crippen LogP contribution in [-0.4, -0.2) is 6.10 Å². The molecule has 0 radical (unpaired) electrons. The van der Waals surface area contributed by atoms with Crippen molar-refractivity contribution in [1.29, 1.82) is 10.5 Å². The fourth-order valence-electron chi connectivity index (χ4n) is 5.60. The number of nitriles is 2. The third-order valence-corrected chi connectivity index (χ3v) is 7.10. The smallest absolute Gasteiger partial charge is 0.142 e. The molecule has 3 heteroatoms. The molecular weight excluding hydrogens is 320 g/mol. The maximum absolute atomic E-state index is 9.50. The van der Waals surface area contributed by atoms with Crippen LogP contribution in [-0.2, 0) is 6.42 Å². The topological polar surface area (TPSA) is 56.8 Å². The monoisotopic (exact) mass is 348 g/mol. The molecule has 3 nitrogen and oxygen atoms in total. The summed E-state index contributed by atoms with van der Waals surface area (Å²) < 4.78 is 6.34. The van der Waals surface area contributed by atoms with Crippen molar-refractivity contribution in [1.82, 2.24) is 0 Å². The predicted octanol–water partition coefficient (Wildman–Crippen LogP) is 5.51. The summed E-state index contributed by atoms with van der Waals surface area (Å²) in [6.07, 6.45) is 14.7. The maximum atomic E-state index is 9.50. The summed E-state index contributed by atoms with van der Waals surface area (Å²) in [6.45, 7) is 0. The van der Waals surface area contributed by atoms with E-state index < -0.39 is 0 Å². The van der Waals surface area contributed by atoms with E-state index in [4.69, 9.17) is 4.74 Å². The van der Waals surface area contributed by atoms with Gasteiger partial charge in [0.05, 0.1) is 5.56 Å². The summed E-state index contributed by atoms with van der Waals surface area (Å²) in [6, 6.07) is 8.05. The van der Waals surface area contributed by atoms with Gasteiger partial charge in [0.2, 0.25) is 0 Å². The first-order valence-corrected chi connectivity index (χ1v) is 10.4. The van der Waals surface area contributed by atoms with E-state index in [0.29, 0.717) is 22.8 Å². The van der Waals surface area contributed by atoms with Crippen LogP contribution in [0.25, 0.3) is 0 Å². The molecule has 0 saturated heterocycles. The highest BCUT2D eigenvalue weighted by Crippen LogP contribution is 2.43. The fourth-order valence-corrected chi connectivity index (χ4v) is 5.60. The van der Waals surface area contributed by atoms with Crippen LogP contribution in [0.2, 0.25) is 0 Å². The predicted molar refractivity (Wildman–Crippen MR) is 101 cm³/mol. The number of fused-ring (bicyclic) bond motifs is 1. The first-order valence-electron chi connectivity index (χ1n) is 10.4. The van der Waals surface area contributed by atoms with Crippen molar-refractivity contribution < 1.29 is 4.74 Å². The Morgan fingerprint density at radius 1 is 0.769 bits per heavy atom. The first kappa shape index (κ1) is 17.4. The highest BCUT2D eigenvalue weighted by Gasteiger charge is 2.35. The Morgan fingerprint density at radius 3 is 2.15 bits per heavy atom. The first-order chi connectivity index (χ1) is 12.8. The van der Waals surface area contributed by atoms with Gasteiger partial charge in [-0.2, -0.15) is 10.5 Å². The third-order valence-electron chi connectivity index (χ3n) is 7.10. The Bertz CT molecular complexity index is 728. The van der Waals surface area contributed by atoms with Crippen molar-refractivity contribution in [3.63, 3.8) is 0 Å². The Morgan fingerprint density at radius 2 is 1.46 bits per heavy atom. The average molecular weight is 348 g/mol. The summed E-state index contributed by atoms with van der Waals surface area (Å²) in [5, 5.41) is 18.8. The molecule has 2 aliphatic carbocycles. The molecule has 1 aromatic rings. The Balaban J connectivity index is 1.42. The summed E-state index contributed by atoms with van der Waals surface area (Å²) in [7, 11) is 0. The molecule has 1 aromatic carbocycles. The zero-order valence-corrected chi connectivity index (χ0v) is 15.5. The number of nitrogens with zero attached hydrogens (tertiary/aromatic N) is 2. The number of hydrogen-bond donors (Lipinski definition) is 0. The highest BCUT2D eigenvalue weighted by atomic mass is 16.5. The molecule has 4 rings (SSSR count). The van der Waals surface area contributed by atoms with Crippen molar-refractivity contribution in [2.75, 3.05) is 0 Å². The Labute approximate surface area is 157 Å². The van der Waals surface area contributed by atoms with Crippen LogP contribution in [0.3, 0.4) is 0 Å². The van der Waals surface area contributed by atoms with Crippen molar-refractivity contribution in [3.05, 3.63) is 28.8 Å². The van der Waals surface area contributed by atoms with Gasteiger partial charge in [-0.05, 0) is 67.9 Å². The van der Waals surface area contributed by atoms with Crippen LogP contribution in [0, 0.1) is 40.4 Å². The van der Waals surface area contributed by atoms with Gasteiger partial charge in [0.1, 0.15) is 29.6 Å². The second-order valence-corrected chi connectivity index (χ2v) is 8.47. The molecule has 2 fully saturated rings. The average Bonchev–Trinajstić information content (AvgIpc) is 2.73. The van der Waals surface area contributed by atoms with Gasteiger partial charge in [-0.3, -0.25) is 0 Å². The lowest BCUT2D eigenvalue weighted by molar-refractivity contribution is 0.0627. The van der Waals surface area contributed by atoms with Crippen LogP contribution in [0.1, 0.15) is 80.9 Å². The molecule has 0 spiro atoms. The quantitative estimate of drug-likeness (QED) is 0.708. The number of rotatable bonds is 2. The molecule has 2 saturated carbocycles. The lowest BCUT2D eigenvalue weighted by atomic mass is 9.69. The van der Waals surface area contributed by atoms with E-state index in [9.17, 15) is 10.5 Å². The van der Waals surface area contributed by atoms with Crippen LogP contribution in [0.4, 0.5) is 0 Å². The summed E-state index contributed by atoms with van der Waals surface area (Å²) in [4.78, 5) is 0. The summed E-state index contributed by atoms with van der Waals surface area (Å²) in [5.74, 6) is 3.21.